The van der Waals surface area contributed by atoms with Gasteiger partial charge in [-0.15, -0.1) is 6.58 Å². The SMILES string of the molecule is C=CCOCC(COCCO)OCCO. The topological polar surface area (TPSA) is 68.2 Å². The average molecular weight is 220 g/mol. The van der Waals surface area contributed by atoms with Crippen molar-refractivity contribution in [2.24, 2.45) is 0 Å². The molecule has 0 aromatic carbocycles. The van der Waals surface area contributed by atoms with Crippen molar-refractivity contribution in [3.63, 3.8) is 0 Å². The third-order valence-electron chi connectivity index (χ3n) is 1.52. The molecule has 0 amide bonds. The van der Waals surface area contributed by atoms with Crippen LogP contribution in [0.25, 0.3) is 0 Å². The van der Waals surface area contributed by atoms with Gasteiger partial charge < -0.3 is 24.4 Å². The second kappa shape index (κ2) is 11.6. The van der Waals surface area contributed by atoms with Crippen LogP contribution in [0.15, 0.2) is 12.7 Å². The molecule has 0 spiro atoms. The molecule has 2 N–H and O–H groups in total. The van der Waals surface area contributed by atoms with Crippen LogP contribution in [0, 0.1) is 0 Å². The molecular formula is C10H20O5. The van der Waals surface area contributed by atoms with Crippen molar-refractivity contribution >= 4 is 0 Å². The summed E-state index contributed by atoms with van der Waals surface area (Å²) < 4.78 is 15.6. The van der Waals surface area contributed by atoms with E-state index in [0.29, 0.717) is 19.8 Å². The van der Waals surface area contributed by atoms with E-state index in [0.717, 1.165) is 0 Å². The van der Waals surface area contributed by atoms with Crippen molar-refractivity contribution in [3.8, 4) is 0 Å². The van der Waals surface area contributed by atoms with E-state index in [1.54, 1.807) is 6.08 Å². The summed E-state index contributed by atoms with van der Waals surface area (Å²) >= 11 is 0. The molecule has 0 saturated carbocycles. The van der Waals surface area contributed by atoms with Gasteiger partial charge in [-0.25, -0.2) is 0 Å². The lowest BCUT2D eigenvalue weighted by Crippen LogP contribution is -2.27. The monoisotopic (exact) mass is 220 g/mol. The number of hydrogen-bond acceptors (Lipinski definition) is 5. The molecule has 1 atom stereocenters. The van der Waals surface area contributed by atoms with Gasteiger partial charge in [-0.05, 0) is 0 Å². The molecule has 0 aliphatic rings. The minimum atomic E-state index is -0.219. The average Bonchev–Trinajstić information content (AvgIpc) is 2.25. The van der Waals surface area contributed by atoms with Crippen LogP contribution in [0.1, 0.15) is 0 Å². The highest BCUT2D eigenvalue weighted by Gasteiger charge is 2.09. The number of aliphatic hydroxyl groups excluding tert-OH is 2. The van der Waals surface area contributed by atoms with Crippen LogP contribution >= 0.6 is 0 Å². The maximum absolute atomic E-state index is 8.60. The van der Waals surface area contributed by atoms with E-state index in [9.17, 15) is 0 Å². The molecular weight excluding hydrogens is 200 g/mol. The van der Waals surface area contributed by atoms with Crippen molar-refractivity contribution < 1.29 is 24.4 Å². The summed E-state index contributed by atoms with van der Waals surface area (Å²) in [6.45, 7) is 5.20. The van der Waals surface area contributed by atoms with Gasteiger partial charge in [-0.1, -0.05) is 6.08 Å². The van der Waals surface area contributed by atoms with Crippen LogP contribution in [0.3, 0.4) is 0 Å². The minimum absolute atomic E-state index is 0.0137. The summed E-state index contributed by atoms with van der Waals surface area (Å²) in [5, 5.41) is 17.1. The zero-order chi connectivity index (χ0) is 11.4. The first-order valence-electron chi connectivity index (χ1n) is 4.94. The lowest BCUT2D eigenvalue weighted by atomic mass is 10.4. The molecule has 0 radical (unpaired) electrons. The molecule has 15 heavy (non-hydrogen) atoms. The summed E-state index contributed by atoms with van der Waals surface area (Å²) in [4.78, 5) is 0. The lowest BCUT2D eigenvalue weighted by molar-refractivity contribution is -0.0669. The Hall–Kier alpha value is -0.460. The second-order valence-electron chi connectivity index (χ2n) is 2.84. The van der Waals surface area contributed by atoms with Gasteiger partial charge in [0.05, 0.1) is 46.2 Å². The molecule has 0 aliphatic carbocycles. The van der Waals surface area contributed by atoms with Crippen LogP contribution in [0.4, 0.5) is 0 Å². The van der Waals surface area contributed by atoms with E-state index in [1.165, 1.54) is 0 Å². The zero-order valence-electron chi connectivity index (χ0n) is 8.93. The largest absolute Gasteiger partial charge is 0.394 e. The highest BCUT2D eigenvalue weighted by molar-refractivity contribution is 4.65. The molecule has 5 heteroatoms. The first-order valence-corrected chi connectivity index (χ1v) is 4.94. The van der Waals surface area contributed by atoms with Crippen molar-refractivity contribution in [1.82, 2.24) is 0 Å². The quantitative estimate of drug-likeness (QED) is 0.365. The van der Waals surface area contributed by atoms with Crippen molar-refractivity contribution in [2.75, 3.05) is 46.2 Å². The van der Waals surface area contributed by atoms with Gasteiger partial charge in [-0.2, -0.15) is 0 Å². The molecule has 0 aliphatic heterocycles. The first-order chi connectivity index (χ1) is 7.35. The van der Waals surface area contributed by atoms with Crippen LogP contribution < -0.4 is 0 Å². The Kier molecular flexibility index (Phi) is 11.3. The molecule has 0 aromatic rings. The maximum Gasteiger partial charge on any atom is 0.104 e. The van der Waals surface area contributed by atoms with Crippen LogP contribution in [-0.4, -0.2) is 62.6 Å². The molecule has 0 bridgehead atoms. The molecule has 1 unspecified atom stereocenters. The Morgan fingerprint density at radius 1 is 1.07 bits per heavy atom. The maximum atomic E-state index is 8.60. The minimum Gasteiger partial charge on any atom is -0.394 e. The van der Waals surface area contributed by atoms with Crippen LogP contribution in [0.5, 0.6) is 0 Å². The van der Waals surface area contributed by atoms with E-state index >= 15 is 0 Å². The van der Waals surface area contributed by atoms with Gasteiger partial charge in [0, 0.05) is 0 Å². The first kappa shape index (κ1) is 14.5. The Bertz CT molecular complexity index is 140. The summed E-state index contributed by atoms with van der Waals surface area (Å²) in [5.41, 5.74) is 0. The Labute approximate surface area is 90.3 Å². The Morgan fingerprint density at radius 3 is 2.33 bits per heavy atom. The van der Waals surface area contributed by atoms with Gasteiger partial charge >= 0.3 is 0 Å². The molecule has 0 fully saturated rings. The third kappa shape index (κ3) is 9.84. The van der Waals surface area contributed by atoms with Gasteiger partial charge in [-0.3, -0.25) is 0 Å². The third-order valence-corrected chi connectivity index (χ3v) is 1.52. The van der Waals surface area contributed by atoms with E-state index < -0.39 is 0 Å². The van der Waals surface area contributed by atoms with E-state index in [2.05, 4.69) is 6.58 Å². The van der Waals surface area contributed by atoms with Gasteiger partial charge in [0.25, 0.3) is 0 Å². The number of aliphatic hydroxyl groups is 2. The highest BCUT2D eigenvalue weighted by Crippen LogP contribution is 1.95. The normalized spacial score (nSPS) is 12.7. The van der Waals surface area contributed by atoms with Crippen molar-refractivity contribution in [1.29, 1.82) is 0 Å². The molecule has 90 valence electrons. The fraction of sp³-hybridized carbons (Fsp3) is 0.800. The smallest absolute Gasteiger partial charge is 0.104 e. The van der Waals surface area contributed by atoms with Crippen molar-refractivity contribution in [2.45, 2.75) is 6.10 Å². The van der Waals surface area contributed by atoms with Crippen molar-refractivity contribution in [3.05, 3.63) is 12.7 Å². The summed E-state index contributed by atoms with van der Waals surface area (Å²) in [6.07, 6.45) is 1.43. The van der Waals surface area contributed by atoms with Gasteiger partial charge in [0.2, 0.25) is 0 Å². The fourth-order valence-corrected chi connectivity index (χ4v) is 0.926. The van der Waals surface area contributed by atoms with E-state index in [4.69, 9.17) is 24.4 Å². The second-order valence-corrected chi connectivity index (χ2v) is 2.84. The Balaban J connectivity index is 3.57. The fourth-order valence-electron chi connectivity index (χ4n) is 0.926. The van der Waals surface area contributed by atoms with Gasteiger partial charge in [0.15, 0.2) is 0 Å². The molecule has 0 saturated heterocycles. The molecule has 0 heterocycles. The standard InChI is InChI=1S/C10H20O5/c1-2-5-13-8-10(15-7-4-12)9-14-6-3-11/h2,10-12H,1,3-9H2. The van der Waals surface area contributed by atoms with Crippen LogP contribution in [-0.2, 0) is 14.2 Å². The van der Waals surface area contributed by atoms with Crippen LogP contribution in [0.2, 0.25) is 0 Å². The summed E-state index contributed by atoms with van der Waals surface area (Å²) in [7, 11) is 0. The summed E-state index contributed by atoms with van der Waals surface area (Å²) in [6, 6.07) is 0. The molecule has 5 nitrogen and oxygen atoms in total. The number of ether oxygens (including phenoxy) is 3. The number of hydrogen-bond donors (Lipinski definition) is 2. The van der Waals surface area contributed by atoms with E-state index in [1.807, 2.05) is 0 Å². The lowest BCUT2D eigenvalue weighted by Gasteiger charge is -2.17. The zero-order valence-corrected chi connectivity index (χ0v) is 8.93. The summed E-state index contributed by atoms with van der Waals surface area (Å²) in [5.74, 6) is 0. The molecule has 0 rings (SSSR count). The number of rotatable bonds is 11. The Morgan fingerprint density at radius 2 is 1.73 bits per heavy atom. The predicted molar refractivity (Wildman–Crippen MR) is 55.7 cm³/mol. The highest BCUT2D eigenvalue weighted by atomic mass is 16.6. The predicted octanol–water partition coefficient (Wildman–Crippen LogP) is -0.425. The van der Waals surface area contributed by atoms with E-state index in [-0.39, 0.29) is 32.5 Å². The van der Waals surface area contributed by atoms with Gasteiger partial charge in [0.1, 0.15) is 6.10 Å². The molecule has 0 aromatic heterocycles.